The van der Waals surface area contributed by atoms with Crippen molar-refractivity contribution in [2.75, 3.05) is 44.4 Å². The van der Waals surface area contributed by atoms with Crippen molar-refractivity contribution in [1.29, 1.82) is 0 Å². The lowest BCUT2D eigenvalue weighted by molar-refractivity contribution is -0.384. The highest BCUT2D eigenvalue weighted by Gasteiger charge is 2.21. The van der Waals surface area contributed by atoms with Crippen molar-refractivity contribution in [3.8, 4) is 0 Å². The van der Waals surface area contributed by atoms with Gasteiger partial charge in [0.1, 0.15) is 5.69 Å². The van der Waals surface area contributed by atoms with Crippen molar-refractivity contribution in [3.63, 3.8) is 0 Å². The van der Waals surface area contributed by atoms with Gasteiger partial charge in [0, 0.05) is 31.3 Å². The SMILES string of the molecule is CCCCNC(=O)CO/N=C\c1ccc(N2CCOCC2)c([N+](=O)[O-])c1. The number of morpholine rings is 1. The molecule has 1 aromatic rings. The number of nitro groups is 1. The van der Waals surface area contributed by atoms with Crippen LogP contribution >= 0.6 is 0 Å². The summed E-state index contributed by atoms with van der Waals surface area (Å²) in [4.78, 5) is 29.3. The van der Waals surface area contributed by atoms with Crippen LogP contribution in [0.4, 0.5) is 11.4 Å². The first kappa shape index (κ1) is 19.6. The molecule has 1 heterocycles. The normalized spacial score (nSPS) is 14.4. The van der Waals surface area contributed by atoms with Crippen LogP contribution in [0.2, 0.25) is 0 Å². The highest BCUT2D eigenvalue weighted by Crippen LogP contribution is 2.29. The summed E-state index contributed by atoms with van der Waals surface area (Å²) in [5.74, 6) is -0.246. The van der Waals surface area contributed by atoms with Gasteiger partial charge in [-0.2, -0.15) is 0 Å². The molecule has 0 spiro atoms. The fraction of sp³-hybridized carbons (Fsp3) is 0.529. The summed E-state index contributed by atoms with van der Waals surface area (Å²) in [5.41, 5.74) is 1.10. The summed E-state index contributed by atoms with van der Waals surface area (Å²) in [6, 6.07) is 4.87. The fourth-order valence-corrected chi connectivity index (χ4v) is 2.49. The molecule has 9 heteroatoms. The summed E-state index contributed by atoms with van der Waals surface area (Å²) >= 11 is 0. The monoisotopic (exact) mass is 364 g/mol. The summed E-state index contributed by atoms with van der Waals surface area (Å²) in [7, 11) is 0. The van der Waals surface area contributed by atoms with Gasteiger partial charge in [-0.1, -0.05) is 24.6 Å². The number of ether oxygens (including phenoxy) is 1. The van der Waals surface area contributed by atoms with Crippen LogP contribution in [-0.4, -0.2) is 56.5 Å². The number of nitro benzene ring substituents is 1. The number of amides is 1. The Balaban J connectivity index is 1.94. The number of hydrogen-bond acceptors (Lipinski definition) is 7. The molecule has 1 aromatic carbocycles. The molecule has 1 N–H and O–H groups in total. The third-order valence-corrected chi connectivity index (χ3v) is 3.87. The number of rotatable bonds is 9. The molecule has 1 amide bonds. The summed E-state index contributed by atoms with van der Waals surface area (Å²) in [6.45, 7) is 4.79. The van der Waals surface area contributed by atoms with Gasteiger partial charge >= 0.3 is 0 Å². The van der Waals surface area contributed by atoms with Crippen LogP contribution in [0.3, 0.4) is 0 Å². The van der Waals surface area contributed by atoms with Crippen molar-refractivity contribution in [2.45, 2.75) is 19.8 Å². The van der Waals surface area contributed by atoms with Gasteiger partial charge in [-0.25, -0.2) is 0 Å². The summed E-state index contributed by atoms with van der Waals surface area (Å²) < 4.78 is 5.28. The lowest BCUT2D eigenvalue weighted by Gasteiger charge is -2.28. The maximum atomic E-state index is 11.5. The predicted molar refractivity (Wildman–Crippen MR) is 97.6 cm³/mol. The molecular formula is C17H24N4O5. The van der Waals surface area contributed by atoms with E-state index in [-0.39, 0.29) is 18.2 Å². The topological polar surface area (TPSA) is 106 Å². The second-order valence-corrected chi connectivity index (χ2v) is 5.82. The van der Waals surface area contributed by atoms with Crippen LogP contribution in [0, 0.1) is 10.1 Å². The Labute approximate surface area is 152 Å². The Morgan fingerprint density at radius 1 is 1.46 bits per heavy atom. The minimum absolute atomic E-state index is 0.00755. The maximum absolute atomic E-state index is 11.5. The number of benzene rings is 1. The van der Waals surface area contributed by atoms with Crippen molar-refractivity contribution in [1.82, 2.24) is 5.32 Å². The molecule has 26 heavy (non-hydrogen) atoms. The Morgan fingerprint density at radius 3 is 2.92 bits per heavy atom. The molecule has 1 fully saturated rings. The van der Waals surface area contributed by atoms with Gasteiger partial charge in [-0.05, 0) is 12.5 Å². The minimum atomic E-state index is -0.413. The highest BCUT2D eigenvalue weighted by molar-refractivity contribution is 5.83. The van der Waals surface area contributed by atoms with Gasteiger partial charge < -0.3 is 19.8 Å². The second kappa shape index (κ2) is 10.3. The molecule has 0 aromatic heterocycles. The number of nitrogens with zero attached hydrogens (tertiary/aromatic N) is 3. The number of anilines is 1. The molecule has 0 atom stereocenters. The molecule has 1 aliphatic heterocycles. The third-order valence-electron chi connectivity index (χ3n) is 3.87. The smallest absolute Gasteiger partial charge is 0.293 e. The summed E-state index contributed by atoms with van der Waals surface area (Å²) in [6.07, 6.45) is 3.27. The molecular weight excluding hydrogens is 340 g/mol. The number of carbonyl (C=O) groups excluding carboxylic acids is 1. The standard InChI is InChI=1S/C17H24N4O5/c1-2-3-6-18-17(22)13-26-19-12-14-4-5-15(16(11-14)21(23)24)20-7-9-25-10-8-20/h4-5,11-12H,2-3,6-10,13H2,1H3,(H,18,22)/b19-12-. The van der Waals surface area contributed by atoms with E-state index in [9.17, 15) is 14.9 Å². The van der Waals surface area contributed by atoms with Gasteiger partial charge in [0.15, 0.2) is 6.61 Å². The first-order valence-corrected chi connectivity index (χ1v) is 8.65. The Kier molecular flexibility index (Phi) is 7.81. The van der Waals surface area contributed by atoms with Gasteiger partial charge in [-0.3, -0.25) is 14.9 Å². The molecule has 0 radical (unpaired) electrons. The van der Waals surface area contributed by atoms with Gasteiger partial charge in [0.2, 0.25) is 0 Å². The van der Waals surface area contributed by atoms with Crippen LogP contribution in [0.15, 0.2) is 23.4 Å². The van der Waals surface area contributed by atoms with E-state index in [2.05, 4.69) is 10.5 Å². The average molecular weight is 364 g/mol. The molecule has 1 saturated heterocycles. The first-order valence-electron chi connectivity index (χ1n) is 8.65. The number of nitrogens with one attached hydrogen (secondary N) is 1. The van der Waals surface area contributed by atoms with Crippen LogP contribution in [0.25, 0.3) is 0 Å². The zero-order valence-corrected chi connectivity index (χ0v) is 14.8. The fourth-order valence-electron chi connectivity index (χ4n) is 2.49. The zero-order valence-electron chi connectivity index (χ0n) is 14.8. The average Bonchev–Trinajstić information content (AvgIpc) is 2.66. The number of hydrogen-bond donors (Lipinski definition) is 1. The van der Waals surface area contributed by atoms with Crippen molar-refractivity contribution in [2.24, 2.45) is 5.16 Å². The quantitative estimate of drug-likeness (QED) is 0.309. The van der Waals surface area contributed by atoms with Gasteiger partial charge in [0.25, 0.3) is 11.6 Å². The van der Waals surface area contributed by atoms with Crippen molar-refractivity contribution >= 4 is 23.5 Å². The third kappa shape index (κ3) is 5.99. The van der Waals surface area contributed by atoms with E-state index in [0.717, 1.165) is 12.8 Å². The lowest BCUT2D eigenvalue weighted by atomic mass is 10.1. The van der Waals surface area contributed by atoms with E-state index in [4.69, 9.17) is 9.57 Å². The zero-order chi connectivity index (χ0) is 18.8. The first-order chi connectivity index (χ1) is 12.6. The highest BCUT2D eigenvalue weighted by atomic mass is 16.6. The van der Waals surface area contributed by atoms with E-state index in [1.165, 1.54) is 12.3 Å². The molecule has 1 aliphatic rings. The van der Waals surface area contributed by atoms with Crippen molar-refractivity contribution < 1.29 is 19.3 Å². The minimum Gasteiger partial charge on any atom is -0.386 e. The number of unbranched alkanes of at least 4 members (excludes halogenated alkanes) is 1. The lowest BCUT2D eigenvalue weighted by Crippen LogP contribution is -2.36. The molecule has 0 aliphatic carbocycles. The Hall–Kier alpha value is -2.68. The molecule has 9 nitrogen and oxygen atoms in total. The molecule has 2 rings (SSSR count). The maximum Gasteiger partial charge on any atom is 0.293 e. The number of carbonyl (C=O) groups is 1. The van der Waals surface area contributed by atoms with Gasteiger partial charge in [0.05, 0.1) is 24.4 Å². The van der Waals surface area contributed by atoms with Crippen LogP contribution in [0.1, 0.15) is 25.3 Å². The molecule has 0 bridgehead atoms. The number of oxime groups is 1. The molecule has 142 valence electrons. The van der Waals surface area contributed by atoms with E-state index >= 15 is 0 Å². The van der Waals surface area contributed by atoms with E-state index in [0.29, 0.717) is 44.1 Å². The molecule has 0 unspecified atom stereocenters. The van der Waals surface area contributed by atoms with Crippen LogP contribution in [0.5, 0.6) is 0 Å². The summed E-state index contributed by atoms with van der Waals surface area (Å²) in [5, 5.41) is 17.8. The van der Waals surface area contributed by atoms with Gasteiger partial charge in [-0.15, -0.1) is 0 Å². The molecule has 0 saturated carbocycles. The predicted octanol–water partition coefficient (Wildman–Crippen LogP) is 1.70. The van der Waals surface area contributed by atoms with Crippen LogP contribution in [-0.2, 0) is 14.4 Å². The largest absolute Gasteiger partial charge is 0.386 e. The Bertz CT molecular complexity index is 644. The van der Waals surface area contributed by atoms with E-state index in [1.54, 1.807) is 12.1 Å². The van der Waals surface area contributed by atoms with E-state index in [1.807, 2.05) is 11.8 Å². The van der Waals surface area contributed by atoms with Crippen LogP contribution < -0.4 is 10.2 Å². The second-order valence-electron chi connectivity index (χ2n) is 5.82. The van der Waals surface area contributed by atoms with E-state index < -0.39 is 4.92 Å². The van der Waals surface area contributed by atoms with Crippen molar-refractivity contribution in [3.05, 3.63) is 33.9 Å². The Morgan fingerprint density at radius 2 is 2.23 bits per heavy atom.